The quantitative estimate of drug-likeness (QED) is 0.102. The molecule has 0 aliphatic rings. The van der Waals surface area contributed by atoms with E-state index in [0.717, 1.165) is 0 Å². The number of carbonyl (C=O) groups excluding carboxylic acids is 1. The van der Waals surface area contributed by atoms with Crippen molar-refractivity contribution in [2.45, 2.75) is 61.0 Å². The maximum absolute atomic E-state index is 10.5. The van der Waals surface area contributed by atoms with E-state index in [1.807, 2.05) is 0 Å². The zero-order valence-electron chi connectivity index (χ0n) is 18.1. The van der Waals surface area contributed by atoms with Gasteiger partial charge in [0.1, 0.15) is 67.6 Å². The first-order valence-electron chi connectivity index (χ1n) is 9.70. The maximum atomic E-state index is 10.5. The van der Waals surface area contributed by atoms with Gasteiger partial charge >= 0.3 is 0 Å². The monoisotopic (exact) mass is 514 g/mol. The van der Waals surface area contributed by atoms with E-state index in [1.165, 1.54) is 0 Å². The third kappa shape index (κ3) is 15.1. The second-order valence-electron chi connectivity index (χ2n) is 6.78. The zero-order valence-corrected chi connectivity index (χ0v) is 18.1. The molecule has 0 amide bonds. The summed E-state index contributed by atoms with van der Waals surface area (Å²) in [7, 11) is 0. The molecule has 0 saturated heterocycles. The molecule has 0 unspecified atom stereocenters. The first-order valence-corrected chi connectivity index (χ1v) is 9.70. The fraction of sp³-hybridized carbons (Fsp3) is 0.941. The fourth-order valence-corrected chi connectivity index (χ4v) is 1.75. The van der Waals surface area contributed by atoms with Crippen molar-refractivity contribution >= 4 is 5.78 Å². The number of carbonyl (C=O) groups is 1. The van der Waals surface area contributed by atoms with Gasteiger partial charge in [-0.05, 0) is 0 Å². The topological polar surface area (TPSA) is 341 Å². The molecule has 0 spiro atoms. The van der Waals surface area contributed by atoms with Crippen LogP contribution in [0, 0.1) is 0 Å². The van der Waals surface area contributed by atoms with Gasteiger partial charge in [0.2, 0.25) is 0 Å². The molecule has 208 valence electrons. The molecule has 0 heterocycles. The average Bonchev–Trinajstić information content (AvgIpc) is 2.88. The molecule has 0 aliphatic heterocycles. The van der Waals surface area contributed by atoms with Crippen LogP contribution in [-0.4, -0.2) is 188 Å². The zero-order chi connectivity index (χ0) is 27.6. The van der Waals surface area contributed by atoms with Crippen molar-refractivity contribution in [3.8, 4) is 0 Å². The Bertz CT molecular complexity index is 459. The van der Waals surface area contributed by atoms with Crippen molar-refractivity contribution in [2.24, 2.45) is 0 Å². The highest BCUT2D eigenvalue weighted by Crippen LogP contribution is 2.04. The predicted molar refractivity (Wildman–Crippen MR) is 108 cm³/mol. The van der Waals surface area contributed by atoms with E-state index in [1.54, 1.807) is 0 Å². The molecule has 17 nitrogen and oxygen atoms in total. The van der Waals surface area contributed by atoms with Crippen LogP contribution in [0.2, 0.25) is 0 Å². The van der Waals surface area contributed by atoms with E-state index in [9.17, 15) is 4.79 Å². The normalized spacial score (nSPS) is 20.0. The Morgan fingerprint density at radius 1 is 0.412 bits per heavy atom. The molecule has 0 rings (SSSR count). The smallest absolute Gasteiger partial charge is 0.189 e. The molecule has 16 N–H and O–H groups in total. The third-order valence-electron chi connectivity index (χ3n) is 4.07. The van der Waals surface area contributed by atoms with Gasteiger partial charge in [-0.3, -0.25) is 4.79 Å². The van der Waals surface area contributed by atoms with Gasteiger partial charge in [-0.15, -0.1) is 0 Å². The van der Waals surface area contributed by atoms with Gasteiger partial charge in [0.25, 0.3) is 0 Å². The van der Waals surface area contributed by atoms with Crippen molar-refractivity contribution < 1.29 is 86.5 Å². The SMILES string of the molecule is O=C(CO)[C@H](O)[C@@H](O)[C@H](O)CO.OC[C@@H](O)[C@@H](O)[C@H](O)[C@H](O)CO.OC[C@@H](O)[C@H](O)[C@@H](O)CO. The van der Waals surface area contributed by atoms with E-state index < -0.39 is 106 Å². The van der Waals surface area contributed by atoms with E-state index in [0.29, 0.717) is 0 Å². The lowest BCUT2D eigenvalue weighted by molar-refractivity contribution is -0.142. The van der Waals surface area contributed by atoms with Crippen LogP contribution in [0.3, 0.4) is 0 Å². The van der Waals surface area contributed by atoms with Gasteiger partial charge in [0.05, 0.1) is 33.0 Å². The highest BCUT2D eigenvalue weighted by atomic mass is 16.4. The Balaban J connectivity index is -0.000000426. The van der Waals surface area contributed by atoms with Gasteiger partial charge in [-0.1, -0.05) is 0 Å². The molecule has 0 aromatic heterocycles. The predicted octanol–water partition coefficient (Wildman–Crippen LogP) is -9.91. The Kier molecular flexibility index (Phi) is 23.6. The van der Waals surface area contributed by atoms with E-state index >= 15 is 0 Å². The fourth-order valence-electron chi connectivity index (χ4n) is 1.75. The van der Waals surface area contributed by atoms with E-state index in [2.05, 4.69) is 0 Å². The molecule has 0 aliphatic carbocycles. The van der Waals surface area contributed by atoms with Crippen molar-refractivity contribution in [1.29, 1.82) is 0 Å². The third-order valence-corrected chi connectivity index (χ3v) is 4.07. The Hall–Kier alpha value is -0.970. The molecule has 0 fully saturated rings. The summed E-state index contributed by atoms with van der Waals surface area (Å²) in [4.78, 5) is 10.5. The average molecular weight is 514 g/mol. The number of hydrogen-bond donors (Lipinski definition) is 16. The van der Waals surface area contributed by atoms with Crippen LogP contribution in [0.25, 0.3) is 0 Å². The second-order valence-corrected chi connectivity index (χ2v) is 6.78. The molecule has 0 radical (unpaired) electrons. The first-order chi connectivity index (χ1) is 15.7. The van der Waals surface area contributed by atoms with Gasteiger partial charge in [-0.25, -0.2) is 0 Å². The standard InChI is InChI=1S/C6H14O6.C6H12O6.C5H12O5/c2*7-1-3(9)5(11)6(12)4(10)2-8;6-1-3(8)5(10)4(9)2-7/h3-12H,1-2H2;3,5-9,11-12H,1-2H2;3-10H,1-2H2/t3-,4-,5-,6-;3-,5+,6+;3-,4+,5+/m11./s1. The van der Waals surface area contributed by atoms with Crippen LogP contribution < -0.4 is 0 Å². The second kappa shape index (κ2) is 21.3. The van der Waals surface area contributed by atoms with Gasteiger partial charge in [0.15, 0.2) is 5.78 Å². The number of aliphatic hydroxyl groups is 16. The minimum atomic E-state index is -1.86. The Labute approximate surface area is 193 Å². The Morgan fingerprint density at radius 2 is 0.647 bits per heavy atom. The summed E-state index contributed by atoms with van der Waals surface area (Å²) in [6.45, 7) is -4.42. The van der Waals surface area contributed by atoms with E-state index in [4.69, 9.17) is 81.7 Å². The van der Waals surface area contributed by atoms with Crippen LogP contribution in [-0.2, 0) is 4.79 Å². The molecule has 17 heteroatoms. The van der Waals surface area contributed by atoms with Crippen molar-refractivity contribution in [3.05, 3.63) is 0 Å². The van der Waals surface area contributed by atoms with Crippen LogP contribution >= 0.6 is 0 Å². The summed E-state index contributed by atoms with van der Waals surface area (Å²) in [6.07, 6.45) is -15.9. The number of hydrogen-bond acceptors (Lipinski definition) is 17. The number of rotatable bonds is 14. The molecular formula is C17H38O17. The van der Waals surface area contributed by atoms with Gasteiger partial charge < -0.3 is 81.7 Å². The van der Waals surface area contributed by atoms with Crippen molar-refractivity contribution in [3.63, 3.8) is 0 Å². The first kappa shape index (κ1) is 37.6. The maximum Gasteiger partial charge on any atom is 0.189 e. The summed E-state index contributed by atoms with van der Waals surface area (Å²) in [5, 5.41) is 138. The summed E-state index contributed by atoms with van der Waals surface area (Å²) in [5.74, 6) is -1.00. The highest BCUT2D eigenvalue weighted by molar-refractivity contribution is 5.84. The summed E-state index contributed by atoms with van der Waals surface area (Å²) in [6, 6.07) is 0. The highest BCUT2D eigenvalue weighted by Gasteiger charge is 2.30. The minimum Gasteiger partial charge on any atom is -0.394 e. The largest absolute Gasteiger partial charge is 0.394 e. The van der Waals surface area contributed by atoms with E-state index in [-0.39, 0.29) is 0 Å². The molecular weight excluding hydrogens is 476 g/mol. The lowest BCUT2D eigenvalue weighted by atomic mass is 10.0. The van der Waals surface area contributed by atoms with Crippen molar-refractivity contribution in [2.75, 3.05) is 39.6 Å². The van der Waals surface area contributed by atoms with Crippen LogP contribution in [0.15, 0.2) is 0 Å². The minimum absolute atomic E-state index is 0.641. The molecule has 34 heavy (non-hydrogen) atoms. The van der Waals surface area contributed by atoms with Gasteiger partial charge in [0, 0.05) is 0 Å². The lowest BCUT2D eigenvalue weighted by Crippen LogP contribution is -2.46. The Morgan fingerprint density at radius 3 is 0.882 bits per heavy atom. The van der Waals surface area contributed by atoms with Crippen LogP contribution in [0.5, 0.6) is 0 Å². The molecule has 0 bridgehead atoms. The van der Waals surface area contributed by atoms with Crippen molar-refractivity contribution in [1.82, 2.24) is 0 Å². The molecule has 0 aromatic rings. The molecule has 10 atom stereocenters. The summed E-state index contributed by atoms with van der Waals surface area (Å²) in [5.41, 5.74) is 0. The summed E-state index contributed by atoms with van der Waals surface area (Å²) >= 11 is 0. The number of ketones is 1. The molecule has 0 saturated carbocycles. The lowest BCUT2D eigenvalue weighted by Gasteiger charge is -2.24. The van der Waals surface area contributed by atoms with Gasteiger partial charge in [-0.2, -0.15) is 0 Å². The van der Waals surface area contributed by atoms with Crippen LogP contribution in [0.1, 0.15) is 0 Å². The number of aliphatic hydroxyl groups excluding tert-OH is 16. The number of Topliss-reactive ketones (excluding diaryl/α,β-unsaturated/α-hetero) is 1. The summed E-state index contributed by atoms with van der Waals surface area (Å²) < 4.78 is 0. The molecule has 0 aromatic carbocycles. The van der Waals surface area contributed by atoms with Crippen LogP contribution in [0.4, 0.5) is 0 Å².